The fraction of sp³-hybridized carbons (Fsp3) is 1.00. The minimum atomic E-state index is -2.87. The van der Waals surface area contributed by atoms with Crippen LogP contribution in [0.15, 0.2) is 0 Å². The summed E-state index contributed by atoms with van der Waals surface area (Å²) in [7, 11) is -2.87. The minimum absolute atomic E-state index is 0.199. The molecule has 0 bridgehead atoms. The maximum Gasteiger partial charge on any atom is 0.154 e. The van der Waals surface area contributed by atoms with Crippen molar-refractivity contribution >= 4 is 9.84 Å². The van der Waals surface area contributed by atoms with E-state index in [-0.39, 0.29) is 11.0 Å². The zero-order chi connectivity index (χ0) is 11.7. The number of unbranched alkanes of at least 4 members (excludes halogenated alkanes) is 2. The highest BCUT2D eigenvalue weighted by Crippen LogP contribution is 2.04. The number of rotatable bonds is 9. The molecule has 1 unspecified atom stereocenters. The van der Waals surface area contributed by atoms with Gasteiger partial charge in [0.25, 0.3) is 0 Å². The summed E-state index contributed by atoms with van der Waals surface area (Å²) in [5.74, 6) is 0.272. The lowest BCUT2D eigenvalue weighted by Gasteiger charge is -2.10. The molecule has 15 heavy (non-hydrogen) atoms. The third-order valence-electron chi connectivity index (χ3n) is 2.71. The van der Waals surface area contributed by atoms with Crippen molar-refractivity contribution in [2.75, 3.05) is 18.8 Å². The van der Waals surface area contributed by atoms with E-state index in [2.05, 4.69) is 12.2 Å². The maximum atomic E-state index is 11.6. The second-order valence-electron chi connectivity index (χ2n) is 4.04. The Morgan fingerprint density at radius 2 is 1.80 bits per heavy atom. The summed E-state index contributed by atoms with van der Waals surface area (Å²) < 4.78 is 23.2. The number of nitrogens with one attached hydrogen (secondary N) is 1. The molecule has 4 heteroatoms. The second kappa shape index (κ2) is 8.11. The Kier molecular flexibility index (Phi) is 8.06. The second-order valence-corrected chi connectivity index (χ2v) is 6.58. The van der Waals surface area contributed by atoms with E-state index in [1.807, 2.05) is 6.92 Å². The summed E-state index contributed by atoms with van der Waals surface area (Å²) in [6.07, 6.45) is 4.26. The van der Waals surface area contributed by atoms with E-state index in [1.165, 1.54) is 12.8 Å². The van der Waals surface area contributed by atoms with Crippen molar-refractivity contribution in [2.24, 2.45) is 0 Å². The van der Waals surface area contributed by atoms with Gasteiger partial charge < -0.3 is 5.32 Å². The lowest BCUT2D eigenvalue weighted by atomic mass is 10.2. The predicted molar refractivity (Wildman–Crippen MR) is 65.9 cm³/mol. The van der Waals surface area contributed by atoms with Crippen molar-refractivity contribution < 1.29 is 8.42 Å². The first-order valence-corrected chi connectivity index (χ1v) is 7.68. The lowest BCUT2D eigenvalue weighted by molar-refractivity contribution is 0.573. The fourth-order valence-corrected chi connectivity index (χ4v) is 2.63. The van der Waals surface area contributed by atoms with Crippen molar-refractivity contribution in [1.82, 2.24) is 5.32 Å². The molecule has 0 aliphatic rings. The molecule has 0 heterocycles. The molecule has 0 aromatic heterocycles. The molecule has 0 amide bonds. The van der Waals surface area contributed by atoms with Crippen LogP contribution in [0.4, 0.5) is 0 Å². The monoisotopic (exact) mass is 235 g/mol. The summed E-state index contributed by atoms with van der Waals surface area (Å²) in [6.45, 7) is 7.39. The molecule has 0 fully saturated rings. The van der Waals surface area contributed by atoms with Gasteiger partial charge in [0.15, 0.2) is 9.84 Å². The van der Waals surface area contributed by atoms with Gasteiger partial charge in [-0.15, -0.1) is 0 Å². The first kappa shape index (κ1) is 14.9. The number of hydrogen-bond acceptors (Lipinski definition) is 3. The van der Waals surface area contributed by atoms with Crippen LogP contribution < -0.4 is 5.32 Å². The maximum absolute atomic E-state index is 11.6. The lowest BCUT2D eigenvalue weighted by Crippen LogP contribution is -2.28. The Bertz CT molecular complexity index is 237. The van der Waals surface area contributed by atoms with Crippen molar-refractivity contribution in [3.05, 3.63) is 0 Å². The molecule has 0 aromatic carbocycles. The van der Waals surface area contributed by atoms with Crippen LogP contribution in [0.1, 0.15) is 46.5 Å². The van der Waals surface area contributed by atoms with Gasteiger partial charge in [-0.05, 0) is 26.3 Å². The van der Waals surface area contributed by atoms with Crippen LogP contribution in [0.25, 0.3) is 0 Å². The number of hydrogen-bond donors (Lipinski definition) is 1. The molecule has 0 aliphatic carbocycles. The van der Waals surface area contributed by atoms with Crippen molar-refractivity contribution in [2.45, 2.75) is 51.7 Å². The first-order chi connectivity index (χ1) is 7.04. The quantitative estimate of drug-likeness (QED) is 0.622. The van der Waals surface area contributed by atoms with Gasteiger partial charge in [-0.2, -0.15) is 0 Å². The molecule has 0 radical (unpaired) electrons. The van der Waals surface area contributed by atoms with Gasteiger partial charge in [-0.25, -0.2) is 8.42 Å². The van der Waals surface area contributed by atoms with Crippen LogP contribution in [0, 0.1) is 0 Å². The first-order valence-electron chi connectivity index (χ1n) is 5.96. The van der Waals surface area contributed by atoms with E-state index in [1.54, 1.807) is 6.92 Å². The van der Waals surface area contributed by atoms with E-state index in [9.17, 15) is 8.42 Å². The Balaban J connectivity index is 3.58. The molecular weight excluding hydrogens is 210 g/mol. The molecule has 0 saturated carbocycles. The summed E-state index contributed by atoms with van der Waals surface area (Å²) in [4.78, 5) is 0. The fourth-order valence-electron chi connectivity index (χ4n) is 1.29. The van der Waals surface area contributed by atoms with E-state index in [0.717, 1.165) is 13.0 Å². The molecule has 0 rings (SSSR count). The summed E-state index contributed by atoms with van der Waals surface area (Å²) in [6, 6.07) is 0. The van der Waals surface area contributed by atoms with Gasteiger partial charge in [-0.1, -0.05) is 26.7 Å². The third kappa shape index (κ3) is 6.90. The van der Waals surface area contributed by atoms with Gasteiger partial charge in [0, 0.05) is 6.54 Å². The Morgan fingerprint density at radius 3 is 2.33 bits per heavy atom. The molecule has 0 aliphatic heterocycles. The van der Waals surface area contributed by atoms with Crippen LogP contribution in [0.2, 0.25) is 0 Å². The molecule has 0 spiro atoms. The normalized spacial score (nSPS) is 14.1. The summed E-state index contributed by atoms with van der Waals surface area (Å²) >= 11 is 0. The molecule has 1 N–H and O–H groups in total. The SMILES string of the molecule is CCCCCNCCS(=O)(=O)C(C)CC. The zero-order valence-corrected chi connectivity index (χ0v) is 11.1. The van der Waals surface area contributed by atoms with Gasteiger partial charge >= 0.3 is 0 Å². The average molecular weight is 235 g/mol. The topological polar surface area (TPSA) is 46.2 Å². The largest absolute Gasteiger partial charge is 0.316 e. The smallest absolute Gasteiger partial charge is 0.154 e. The molecule has 0 aromatic rings. The highest BCUT2D eigenvalue weighted by atomic mass is 32.2. The van der Waals surface area contributed by atoms with Gasteiger partial charge in [0.2, 0.25) is 0 Å². The Labute approximate surface area is 94.6 Å². The van der Waals surface area contributed by atoms with Gasteiger partial charge in [-0.3, -0.25) is 0 Å². The molecular formula is C11H25NO2S. The molecule has 1 atom stereocenters. The van der Waals surface area contributed by atoms with Crippen molar-refractivity contribution in [3.63, 3.8) is 0 Å². The predicted octanol–water partition coefficient (Wildman–Crippen LogP) is 1.98. The number of sulfone groups is 1. The van der Waals surface area contributed by atoms with Gasteiger partial charge in [0.05, 0.1) is 11.0 Å². The minimum Gasteiger partial charge on any atom is -0.316 e. The molecule has 92 valence electrons. The van der Waals surface area contributed by atoms with Gasteiger partial charge in [0.1, 0.15) is 0 Å². The van der Waals surface area contributed by atoms with E-state index >= 15 is 0 Å². The van der Waals surface area contributed by atoms with E-state index < -0.39 is 9.84 Å². The van der Waals surface area contributed by atoms with Crippen LogP contribution in [0.3, 0.4) is 0 Å². The van der Waals surface area contributed by atoms with Crippen LogP contribution in [-0.2, 0) is 9.84 Å². The highest BCUT2D eigenvalue weighted by Gasteiger charge is 2.17. The van der Waals surface area contributed by atoms with Crippen LogP contribution in [0.5, 0.6) is 0 Å². The van der Waals surface area contributed by atoms with Crippen molar-refractivity contribution in [3.8, 4) is 0 Å². The average Bonchev–Trinajstić information content (AvgIpc) is 2.22. The Hall–Kier alpha value is -0.0900. The third-order valence-corrected chi connectivity index (χ3v) is 5.04. The van der Waals surface area contributed by atoms with Crippen LogP contribution >= 0.6 is 0 Å². The van der Waals surface area contributed by atoms with Crippen LogP contribution in [-0.4, -0.2) is 32.5 Å². The van der Waals surface area contributed by atoms with E-state index in [0.29, 0.717) is 13.0 Å². The standard InChI is InChI=1S/C11H25NO2S/c1-4-6-7-8-12-9-10-15(13,14)11(3)5-2/h11-12H,4-10H2,1-3H3. The summed E-state index contributed by atoms with van der Waals surface area (Å²) in [5, 5.41) is 2.98. The van der Waals surface area contributed by atoms with Crippen molar-refractivity contribution in [1.29, 1.82) is 0 Å². The highest BCUT2D eigenvalue weighted by molar-refractivity contribution is 7.92. The Morgan fingerprint density at radius 1 is 1.13 bits per heavy atom. The molecule has 0 saturated heterocycles. The zero-order valence-electron chi connectivity index (χ0n) is 10.3. The summed E-state index contributed by atoms with van der Waals surface area (Å²) in [5.41, 5.74) is 0. The van der Waals surface area contributed by atoms with E-state index in [4.69, 9.17) is 0 Å². The molecule has 3 nitrogen and oxygen atoms in total.